The second kappa shape index (κ2) is 7.57. The van der Waals surface area contributed by atoms with Gasteiger partial charge in [-0.1, -0.05) is 12.1 Å². The average molecular weight is 360 g/mol. The smallest absolute Gasteiger partial charge is 0.341 e. The molecule has 0 saturated heterocycles. The van der Waals surface area contributed by atoms with Crippen LogP contribution < -0.4 is 15.4 Å². The molecule has 0 aliphatic heterocycles. The number of amides is 2. The highest BCUT2D eigenvalue weighted by atomic mass is 32.1. The minimum absolute atomic E-state index is 0.413. The minimum atomic E-state index is -0.419. The molecule has 6 nitrogen and oxygen atoms in total. The van der Waals surface area contributed by atoms with Gasteiger partial charge in [0.1, 0.15) is 10.8 Å². The molecule has 2 amide bonds. The van der Waals surface area contributed by atoms with Crippen LogP contribution in [0.25, 0.3) is 0 Å². The third-order valence-electron chi connectivity index (χ3n) is 3.97. The molecule has 2 N–H and O–H groups in total. The predicted molar refractivity (Wildman–Crippen MR) is 97.9 cm³/mol. The van der Waals surface area contributed by atoms with Crippen LogP contribution in [0.15, 0.2) is 24.3 Å². The Hall–Kier alpha value is -2.54. The number of rotatable bonds is 5. The lowest BCUT2D eigenvalue weighted by molar-refractivity contribution is 0.0601. The largest absolute Gasteiger partial charge is 0.492 e. The number of thiophene rings is 1. The van der Waals surface area contributed by atoms with Gasteiger partial charge < -0.3 is 14.8 Å². The average Bonchev–Trinajstić information content (AvgIpc) is 3.16. The summed E-state index contributed by atoms with van der Waals surface area (Å²) in [6.07, 6.45) is 2.80. The fraction of sp³-hybridized carbons (Fsp3) is 0.333. The van der Waals surface area contributed by atoms with Crippen LogP contribution in [0.1, 0.15) is 34.1 Å². The molecule has 0 bridgehead atoms. The second-order valence-corrected chi connectivity index (χ2v) is 6.67. The topological polar surface area (TPSA) is 76.7 Å². The van der Waals surface area contributed by atoms with Gasteiger partial charge in [0.15, 0.2) is 0 Å². The number of methoxy groups -OCH3 is 1. The molecule has 0 saturated carbocycles. The number of fused-ring (bicyclic) bond motifs is 1. The number of para-hydroxylation sites is 2. The first-order valence-corrected chi connectivity index (χ1v) is 8.98. The van der Waals surface area contributed by atoms with Crippen molar-refractivity contribution in [1.29, 1.82) is 0 Å². The van der Waals surface area contributed by atoms with Crippen molar-refractivity contribution < 1.29 is 19.1 Å². The Kier molecular flexibility index (Phi) is 5.23. The number of hydrogen-bond donors (Lipinski definition) is 2. The summed E-state index contributed by atoms with van der Waals surface area (Å²) < 4.78 is 10.4. The standard InChI is InChI=1S/C18H20N2O4S/c1-3-24-13-9-5-4-8-12(13)19-18(22)20-16-15(17(21)23-2)11-7-6-10-14(11)25-16/h4-5,8-9H,3,6-7,10H2,1-2H3,(H2,19,20,22). The summed E-state index contributed by atoms with van der Waals surface area (Å²) in [4.78, 5) is 25.7. The first-order valence-electron chi connectivity index (χ1n) is 8.16. The zero-order valence-corrected chi connectivity index (χ0v) is 15.0. The number of ether oxygens (including phenoxy) is 2. The van der Waals surface area contributed by atoms with Gasteiger partial charge in [0.05, 0.1) is 25.0 Å². The number of urea groups is 1. The third-order valence-corrected chi connectivity index (χ3v) is 5.18. The van der Waals surface area contributed by atoms with Gasteiger partial charge >= 0.3 is 12.0 Å². The Morgan fingerprint density at radius 2 is 2.00 bits per heavy atom. The molecule has 25 heavy (non-hydrogen) atoms. The molecule has 2 aromatic rings. The van der Waals surface area contributed by atoms with Crippen molar-refractivity contribution in [1.82, 2.24) is 0 Å². The van der Waals surface area contributed by atoms with E-state index in [1.54, 1.807) is 12.1 Å². The fourth-order valence-electron chi connectivity index (χ4n) is 2.92. The van der Waals surface area contributed by atoms with Crippen LogP contribution in [-0.2, 0) is 17.6 Å². The molecule has 1 aromatic carbocycles. The van der Waals surface area contributed by atoms with E-state index in [0.29, 0.717) is 28.6 Å². The van der Waals surface area contributed by atoms with E-state index in [4.69, 9.17) is 9.47 Å². The Bertz CT molecular complexity index is 800. The molecule has 3 rings (SSSR count). The van der Waals surface area contributed by atoms with Gasteiger partial charge in [-0.25, -0.2) is 9.59 Å². The van der Waals surface area contributed by atoms with Crippen LogP contribution in [0.2, 0.25) is 0 Å². The zero-order valence-electron chi connectivity index (χ0n) is 14.2. The molecule has 0 spiro atoms. The fourth-order valence-corrected chi connectivity index (χ4v) is 4.19. The first-order chi connectivity index (χ1) is 12.1. The van der Waals surface area contributed by atoms with E-state index in [9.17, 15) is 9.59 Å². The van der Waals surface area contributed by atoms with E-state index in [0.717, 1.165) is 29.7 Å². The Balaban J connectivity index is 1.79. The molecule has 1 aromatic heterocycles. The number of carbonyl (C=O) groups excluding carboxylic acids is 2. The van der Waals surface area contributed by atoms with Gasteiger partial charge in [0.2, 0.25) is 0 Å². The quantitative estimate of drug-likeness (QED) is 0.788. The van der Waals surface area contributed by atoms with Crippen LogP contribution >= 0.6 is 11.3 Å². The lowest BCUT2D eigenvalue weighted by atomic mass is 10.1. The number of hydrogen-bond acceptors (Lipinski definition) is 5. The van der Waals surface area contributed by atoms with E-state index < -0.39 is 12.0 Å². The van der Waals surface area contributed by atoms with E-state index >= 15 is 0 Å². The first kappa shape index (κ1) is 17.3. The van der Waals surface area contributed by atoms with Crippen LogP contribution in [0.3, 0.4) is 0 Å². The van der Waals surface area contributed by atoms with Crippen molar-refractivity contribution in [2.24, 2.45) is 0 Å². The molecule has 0 fully saturated rings. The lowest BCUT2D eigenvalue weighted by Crippen LogP contribution is -2.21. The van der Waals surface area contributed by atoms with Gasteiger partial charge in [-0.15, -0.1) is 11.3 Å². The van der Waals surface area contributed by atoms with E-state index in [-0.39, 0.29) is 0 Å². The van der Waals surface area contributed by atoms with Gasteiger partial charge in [-0.3, -0.25) is 5.32 Å². The summed E-state index contributed by atoms with van der Waals surface area (Å²) >= 11 is 1.44. The molecule has 0 radical (unpaired) electrons. The van der Waals surface area contributed by atoms with Crippen molar-refractivity contribution in [3.8, 4) is 5.75 Å². The van der Waals surface area contributed by atoms with E-state index in [1.165, 1.54) is 18.4 Å². The van der Waals surface area contributed by atoms with Crippen molar-refractivity contribution in [2.75, 3.05) is 24.4 Å². The van der Waals surface area contributed by atoms with Crippen molar-refractivity contribution in [2.45, 2.75) is 26.2 Å². The Morgan fingerprint density at radius 1 is 1.20 bits per heavy atom. The van der Waals surface area contributed by atoms with E-state index in [1.807, 2.05) is 19.1 Å². The number of anilines is 2. The summed E-state index contributed by atoms with van der Waals surface area (Å²) in [6, 6.07) is 6.79. The molecule has 0 atom stereocenters. The maximum absolute atomic E-state index is 12.4. The summed E-state index contributed by atoms with van der Waals surface area (Å²) in [5.41, 5.74) is 2.06. The van der Waals surface area contributed by atoms with Crippen molar-refractivity contribution in [3.63, 3.8) is 0 Å². The van der Waals surface area contributed by atoms with Gasteiger partial charge in [0, 0.05) is 4.88 Å². The SMILES string of the molecule is CCOc1ccccc1NC(=O)Nc1sc2c(c1C(=O)OC)CCC2. The van der Waals surface area contributed by atoms with Crippen LogP contribution in [0, 0.1) is 0 Å². The Morgan fingerprint density at radius 3 is 2.76 bits per heavy atom. The van der Waals surface area contributed by atoms with Gasteiger partial charge in [-0.2, -0.15) is 0 Å². The van der Waals surface area contributed by atoms with Crippen molar-refractivity contribution >= 4 is 34.0 Å². The monoisotopic (exact) mass is 360 g/mol. The normalized spacial score (nSPS) is 12.4. The van der Waals surface area contributed by atoms with Crippen LogP contribution in [-0.4, -0.2) is 25.7 Å². The Labute approximate surface area is 150 Å². The van der Waals surface area contributed by atoms with Gasteiger partial charge in [0.25, 0.3) is 0 Å². The number of carbonyl (C=O) groups is 2. The summed E-state index contributed by atoms with van der Waals surface area (Å²) in [5, 5.41) is 6.09. The number of aryl methyl sites for hydroxylation is 1. The highest BCUT2D eigenvalue weighted by Gasteiger charge is 2.28. The van der Waals surface area contributed by atoms with Crippen LogP contribution in [0.4, 0.5) is 15.5 Å². The molecule has 1 heterocycles. The van der Waals surface area contributed by atoms with Gasteiger partial charge in [-0.05, 0) is 43.9 Å². The molecule has 7 heteroatoms. The van der Waals surface area contributed by atoms with Crippen molar-refractivity contribution in [3.05, 3.63) is 40.3 Å². The molecular formula is C18H20N2O4S. The summed E-state index contributed by atoms with van der Waals surface area (Å²) in [5.74, 6) is 0.187. The summed E-state index contributed by atoms with van der Waals surface area (Å²) in [6.45, 7) is 2.39. The second-order valence-electron chi connectivity index (χ2n) is 5.56. The highest BCUT2D eigenvalue weighted by molar-refractivity contribution is 7.17. The number of nitrogens with one attached hydrogen (secondary N) is 2. The highest BCUT2D eigenvalue weighted by Crippen LogP contribution is 2.39. The number of esters is 1. The van der Waals surface area contributed by atoms with Crippen LogP contribution in [0.5, 0.6) is 5.75 Å². The molecular weight excluding hydrogens is 340 g/mol. The molecule has 1 aliphatic rings. The number of benzene rings is 1. The molecule has 1 aliphatic carbocycles. The summed E-state index contributed by atoms with van der Waals surface area (Å²) in [7, 11) is 1.35. The maximum atomic E-state index is 12.4. The lowest BCUT2D eigenvalue weighted by Gasteiger charge is -2.12. The zero-order chi connectivity index (χ0) is 17.8. The molecule has 0 unspecified atom stereocenters. The third kappa shape index (κ3) is 3.61. The maximum Gasteiger partial charge on any atom is 0.341 e. The van der Waals surface area contributed by atoms with E-state index in [2.05, 4.69) is 10.6 Å². The predicted octanol–water partition coefficient (Wildman–Crippen LogP) is 4.07. The minimum Gasteiger partial charge on any atom is -0.492 e. The molecule has 132 valence electrons.